The average molecular weight is 910 g/mol. The van der Waals surface area contributed by atoms with E-state index in [1.54, 1.807) is 0 Å². The number of rotatable bonds is 49. The quantitative estimate of drug-likeness (QED) is 0.0358. The molecule has 1 N–H and O–H groups in total. The van der Waals surface area contributed by atoms with Crippen LogP contribution in [0.2, 0.25) is 0 Å². The van der Waals surface area contributed by atoms with E-state index in [0.717, 1.165) is 103 Å². The van der Waals surface area contributed by atoms with E-state index in [9.17, 15) is 24.3 Å². The fraction of sp³-hybridized carbons (Fsp3) is 0.926. The summed E-state index contributed by atoms with van der Waals surface area (Å²) in [4.78, 5) is 53.1. The lowest BCUT2D eigenvalue weighted by molar-refractivity contribution is -0.160. The summed E-state index contributed by atoms with van der Waals surface area (Å²) in [7, 11) is 1.94. The van der Waals surface area contributed by atoms with Gasteiger partial charge in [-0.2, -0.15) is 0 Å². The van der Waals surface area contributed by atoms with Gasteiger partial charge in [0, 0.05) is 38.8 Å². The molecular weight excluding hydrogens is 807 g/mol. The summed E-state index contributed by atoms with van der Waals surface area (Å²) >= 11 is 0. The largest absolute Gasteiger partial charge is 0.462 e. The fourth-order valence-electron chi connectivity index (χ4n) is 8.26. The topological polar surface area (TPSA) is 129 Å². The van der Waals surface area contributed by atoms with Crippen molar-refractivity contribution in [2.24, 2.45) is 0 Å². The first kappa shape index (κ1) is 61.8. The molecule has 0 rings (SSSR count). The molecule has 3 atom stereocenters. The maximum absolute atomic E-state index is 12.9. The molecule has 10 heteroatoms. The number of hydrogen-bond donors (Lipinski definition) is 1. The molecule has 0 aliphatic heterocycles. The van der Waals surface area contributed by atoms with Crippen molar-refractivity contribution < 1.29 is 43.2 Å². The molecule has 0 aromatic heterocycles. The van der Waals surface area contributed by atoms with E-state index in [1.807, 2.05) is 11.9 Å². The molecule has 378 valence electrons. The van der Waals surface area contributed by atoms with Crippen LogP contribution in [0.5, 0.6) is 0 Å². The number of aliphatic hydroxyl groups is 1. The SMILES string of the molecule is CCCCCCCCC(CCCCCC)OC(=O)CCCCCCC(=O)OCC(CN(C)CCCCO)OC(=O)CCCCCCC(=O)OC(CCCCCC)CCCCCCCC. The van der Waals surface area contributed by atoms with Gasteiger partial charge < -0.3 is 29.0 Å². The molecule has 0 spiro atoms. The second kappa shape index (κ2) is 47.3. The number of carbonyl (C=O) groups excluding carboxylic acids is 4. The number of aliphatic hydroxyl groups excluding tert-OH is 1. The van der Waals surface area contributed by atoms with Crippen molar-refractivity contribution >= 4 is 23.9 Å². The third-order valence-corrected chi connectivity index (χ3v) is 12.3. The van der Waals surface area contributed by atoms with Crippen LogP contribution in [0, 0.1) is 0 Å². The predicted molar refractivity (Wildman–Crippen MR) is 263 cm³/mol. The van der Waals surface area contributed by atoms with Crippen LogP contribution >= 0.6 is 0 Å². The normalized spacial score (nSPS) is 12.9. The van der Waals surface area contributed by atoms with Gasteiger partial charge in [0.05, 0.1) is 0 Å². The summed E-state index contributed by atoms with van der Waals surface area (Å²) < 4.78 is 23.3. The zero-order valence-electron chi connectivity index (χ0n) is 42.6. The highest BCUT2D eigenvalue weighted by molar-refractivity contribution is 5.71. The van der Waals surface area contributed by atoms with E-state index in [2.05, 4.69) is 27.7 Å². The molecule has 10 nitrogen and oxygen atoms in total. The van der Waals surface area contributed by atoms with Crippen LogP contribution in [0.1, 0.15) is 272 Å². The molecule has 3 unspecified atom stereocenters. The minimum absolute atomic E-state index is 0.000326. The number of ether oxygens (including phenoxy) is 4. The first-order valence-electron chi connectivity index (χ1n) is 27.2. The highest BCUT2D eigenvalue weighted by Crippen LogP contribution is 2.20. The zero-order chi connectivity index (χ0) is 47.1. The van der Waals surface area contributed by atoms with Crippen molar-refractivity contribution in [3.8, 4) is 0 Å². The van der Waals surface area contributed by atoms with Gasteiger partial charge in [0.15, 0.2) is 0 Å². The molecule has 0 amide bonds. The lowest BCUT2D eigenvalue weighted by atomic mass is 10.0. The molecule has 64 heavy (non-hydrogen) atoms. The van der Waals surface area contributed by atoms with Crippen molar-refractivity contribution in [3.63, 3.8) is 0 Å². The maximum atomic E-state index is 12.9. The summed E-state index contributed by atoms with van der Waals surface area (Å²) in [5.41, 5.74) is 0. The van der Waals surface area contributed by atoms with Gasteiger partial charge in [-0.3, -0.25) is 19.2 Å². The Hall–Kier alpha value is -2.20. The van der Waals surface area contributed by atoms with Gasteiger partial charge in [0.2, 0.25) is 0 Å². The van der Waals surface area contributed by atoms with E-state index in [4.69, 9.17) is 18.9 Å². The third kappa shape index (κ3) is 42.4. The fourth-order valence-corrected chi connectivity index (χ4v) is 8.26. The standard InChI is InChI=1S/C54H103NO9/c1-6-10-14-18-20-28-38-48(36-26-16-12-8-3)62-52(58)41-31-23-22-30-40-51(57)61-47-50(46-55(5)44-34-35-45-56)64-54(60)43-33-25-24-32-42-53(59)63-49(37-27-17-13-9-4)39-29-21-19-15-11-7-2/h48-50,56H,6-47H2,1-5H3. The number of nitrogens with zero attached hydrogens (tertiary/aromatic N) is 1. The highest BCUT2D eigenvalue weighted by Gasteiger charge is 2.20. The summed E-state index contributed by atoms with van der Waals surface area (Å²) in [5, 5.41) is 9.20. The van der Waals surface area contributed by atoms with Gasteiger partial charge in [-0.05, 0) is 103 Å². The highest BCUT2D eigenvalue weighted by atomic mass is 16.6. The van der Waals surface area contributed by atoms with Crippen LogP contribution in [0.25, 0.3) is 0 Å². The van der Waals surface area contributed by atoms with Crippen molar-refractivity contribution in [1.82, 2.24) is 4.90 Å². The first-order chi connectivity index (χ1) is 31.2. The van der Waals surface area contributed by atoms with E-state index >= 15 is 0 Å². The summed E-state index contributed by atoms with van der Waals surface area (Å²) in [5.74, 6) is -0.819. The van der Waals surface area contributed by atoms with E-state index < -0.39 is 6.10 Å². The van der Waals surface area contributed by atoms with Crippen molar-refractivity contribution in [3.05, 3.63) is 0 Å². The van der Waals surface area contributed by atoms with Crippen LogP contribution < -0.4 is 0 Å². The molecule has 0 saturated carbocycles. The minimum Gasteiger partial charge on any atom is -0.462 e. The van der Waals surface area contributed by atoms with E-state index in [-0.39, 0.29) is 62.1 Å². The number of esters is 4. The predicted octanol–water partition coefficient (Wildman–Crippen LogP) is 14.1. The Morgan fingerprint density at radius 3 is 1.08 bits per heavy atom. The zero-order valence-corrected chi connectivity index (χ0v) is 42.6. The minimum atomic E-state index is -0.584. The summed E-state index contributed by atoms with van der Waals surface area (Å²) in [6.45, 7) is 10.2. The summed E-state index contributed by atoms with van der Waals surface area (Å²) in [6, 6.07) is 0. The Balaban J connectivity index is 4.62. The lowest BCUT2D eigenvalue weighted by Crippen LogP contribution is -2.37. The molecule has 0 aliphatic carbocycles. The van der Waals surface area contributed by atoms with Gasteiger partial charge in [0.25, 0.3) is 0 Å². The molecule has 0 saturated heterocycles. The van der Waals surface area contributed by atoms with E-state index in [1.165, 1.54) is 103 Å². The molecule has 0 fully saturated rings. The second-order valence-electron chi connectivity index (χ2n) is 18.9. The number of hydrogen-bond acceptors (Lipinski definition) is 10. The molecule has 0 heterocycles. The van der Waals surface area contributed by atoms with Gasteiger partial charge in [-0.25, -0.2) is 0 Å². The molecule has 0 radical (unpaired) electrons. The smallest absolute Gasteiger partial charge is 0.306 e. The molecule has 0 bridgehead atoms. The Labute approximate surface area is 394 Å². The number of unbranched alkanes of at least 4 members (excludes halogenated alkanes) is 23. The summed E-state index contributed by atoms with van der Waals surface area (Å²) in [6.07, 6.45) is 36.7. The Morgan fingerprint density at radius 1 is 0.391 bits per heavy atom. The first-order valence-corrected chi connectivity index (χ1v) is 27.2. The maximum Gasteiger partial charge on any atom is 0.306 e. The van der Waals surface area contributed by atoms with Crippen LogP contribution in [-0.2, 0) is 38.1 Å². The Kier molecular flexibility index (Phi) is 45.7. The number of likely N-dealkylation sites (N-methyl/N-ethyl adjacent to an activating group) is 1. The van der Waals surface area contributed by atoms with Gasteiger partial charge in [-0.1, -0.05) is 156 Å². The van der Waals surface area contributed by atoms with Crippen molar-refractivity contribution in [1.29, 1.82) is 0 Å². The van der Waals surface area contributed by atoms with Crippen LogP contribution in [0.4, 0.5) is 0 Å². The monoisotopic (exact) mass is 910 g/mol. The number of carbonyl (C=O) groups is 4. The average Bonchev–Trinajstić information content (AvgIpc) is 3.27. The van der Waals surface area contributed by atoms with Gasteiger partial charge in [-0.15, -0.1) is 0 Å². The Bertz CT molecular complexity index is 1070. The van der Waals surface area contributed by atoms with Crippen LogP contribution in [-0.4, -0.2) is 85.5 Å². The van der Waals surface area contributed by atoms with Gasteiger partial charge in [0.1, 0.15) is 24.9 Å². The molecule has 0 aromatic carbocycles. The van der Waals surface area contributed by atoms with Crippen molar-refractivity contribution in [2.45, 2.75) is 290 Å². The van der Waals surface area contributed by atoms with Crippen LogP contribution in [0.3, 0.4) is 0 Å². The molecular formula is C54H103NO9. The third-order valence-electron chi connectivity index (χ3n) is 12.3. The lowest BCUT2D eigenvalue weighted by Gasteiger charge is -2.24. The van der Waals surface area contributed by atoms with Gasteiger partial charge >= 0.3 is 23.9 Å². The second-order valence-corrected chi connectivity index (χ2v) is 18.9. The molecule has 0 aromatic rings. The van der Waals surface area contributed by atoms with Crippen LogP contribution in [0.15, 0.2) is 0 Å². The van der Waals surface area contributed by atoms with E-state index in [0.29, 0.717) is 38.6 Å². The molecule has 0 aliphatic rings. The Morgan fingerprint density at radius 2 is 0.703 bits per heavy atom. The van der Waals surface area contributed by atoms with Crippen molar-refractivity contribution in [2.75, 3.05) is 33.4 Å².